The van der Waals surface area contributed by atoms with Gasteiger partial charge in [-0.1, -0.05) is 50.9 Å². The summed E-state index contributed by atoms with van der Waals surface area (Å²) in [6, 6.07) is 8.81. The number of hydrogen-bond donors (Lipinski definition) is 1. The van der Waals surface area contributed by atoms with Gasteiger partial charge in [0.2, 0.25) is 0 Å². The first-order chi connectivity index (χ1) is 8.65. The Morgan fingerprint density at radius 3 is 2.33 bits per heavy atom. The van der Waals surface area contributed by atoms with E-state index in [0.717, 1.165) is 23.9 Å². The Kier molecular flexibility index (Phi) is 7.38. The maximum Gasteiger partial charge on any atom is 0.0406 e. The van der Waals surface area contributed by atoms with Crippen LogP contribution in [0.1, 0.15) is 45.6 Å². The van der Waals surface area contributed by atoms with Gasteiger partial charge in [-0.05, 0) is 49.4 Å². The summed E-state index contributed by atoms with van der Waals surface area (Å²) in [5.74, 6) is 0.818. The number of hydrogen-bond acceptors (Lipinski definition) is 1. The fourth-order valence-electron chi connectivity index (χ4n) is 2.12. The number of rotatable bonds is 8. The Morgan fingerprint density at radius 2 is 1.78 bits per heavy atom. The molecular weight excluding hydrogens is 242 g/mol. The molecule has 2 atom stereocenters. The minimum absolute atomic E-state index is 0.659. The normalized spacial score (nSPS) is 14.4. The Morgan fingerprint density at radius 1 is 1.11 bits per heavy atom. The van der Waals surface area contributed by atoms with Crippen LogP contribution in [-0.2, 0) is 6.42 Å². The maximum atomic E-state index is 5.88. The molecule has 0 fully saturated rings. The molecule has 0 saturated heterocycles. The third-order valence-electron chi connectivity index (χ3n) is 3.64. The van der Waals surface area contributed by atoms with Crippen molar-refractivity contribution in [2.24, 2.45) is 5.92 Å². The van der Waals surface area contributed by atoms with Gasteiger partial charge in [-0.2, -0.15) is 0 Å². The van der Waals surface area contributed by atoms with Gasteiger partial charge in [-0.3, -0.25) is 0 Å². The monoisotopic (exact) mass is 267 g/mol. The van der Waals surface area contributed by atoms with Crippen molar-refractivity contribution in [1.82, 2.24) is 5.32 Å². The lowest BCUT2D eigenvalue weighted by molar-refractivity contribution is 0.387. The van der Waals surface area contributed by atoms with Crippen molar-refractivity contribution < 1.29 is 0 Å². The first kappa shape index (κ1) is 15.5. The van der Waals surface area contributed by atoms with E-state index in [1.54, 1.807) is 0 Å². The Labute approximate surface area is 117 Å². The molecule has 0 radical (unpaired) electrons. The third kappa shape index (κ3) is 5.88. The largest absolute Gasteiger partial charge is 0.314 e. The summed E-state index contributed by atoms with van der Waals surface area (Å²) < 4.78 is 0. The van der Waals surface area contributed by atoms with Crippen LogP contribution in [0.25, 0.3) is 0 Å². The quantitative estimate of drug-likeness (QED) is 0.721. The van der Waals surface area contributed by atoms with Crippen molar-refractivity contribution in [3.63, 3.8) is 0 Å². The minimum atomic E-state index is 0.659. The second-order valence-electron chi connectivity index (χ2n) is 5.18. The van der Waals surface area contributed by atoms with Gasteiger partial charge >= 0.3 is 0 Å². The molecule has 1 rings (SSSR count). The molecular formula is C16H26ClN. The van der Waals surface area contributed by atoms with E-state index in [1.807, 2.05) is 12.1 Å². The fourth-order valence-corrected chi connectivity index (χ4v) is 2.24. The van der Waals surface area contributed by atoms with Crippen LogP contribution in [0.5, 0.6) is 0 Å². The van der Waals surface area contributed by atoms with Gasteiger partial charge in [0, 0.05) is 11.1 Å². The van der Waals surface area contributed by atoms with Crippen molar-refractivity contribution in [3.8, 4) is 0 Å². The van der Waals surface area contributed by atoms with Gasteiger partial charge in [0.05, 0.1) is 0 Å². The van der Waals surface area contributed by atoms with E-state index in [9.17, 15) is 0 Å². The predicted octanol–water partition coefficient (Wildman–Crippen LogP) is 4.69. The molecule has 1 nitrogen and oxygen atoms in total. The van der Waals surface area contributed by atoms with Crippen LogP contribution in [0.4, 0.5) is 0 Å². The lowest BCUT2D eigenvalue weighted by atomic mass is 9.97. The standard InChI is InChI=1S/C16H26ClN/c1-4-13(3)12-16(5-2)18-11-10-14-6-8-15(17)9-7-14/h6-9,13,16,18H,4-5,10-12H2,1-3H3. The van der Waals surface area contributed by atoms with Crippen LogP contribution >= 0.6 is 11.6 Å². The van der Waals surface area contributed by atoms with Crippen LogP contribution < -0.4 is 5.32 Å². The molecule has 0 bridgehead atoms. The number of benzene rings is 1. The minimum Gasteiger partial charge on any atom is -0.314 e. The third-order valence-corrected chi connectivity index (χ3v) is 3.89. The molecule has 2 unspecified atom stereocenters. The highest BCUT2D eigenvalue weighted by Crippen LogP contribution is 2.13. The molecule has 1 aromatic rings. The van der Waals surface area contributed by atoms with Crippen molar-refractivity contribution in [3.05, 3.63) is 34.9 Å². The van der Waals surface area contributed by atoms with E-state index in [-0.39, 0.29) is 0 Å². The van der Waals surface area contributed by atoms with Crippen molar-refractivity contribution in [2.45, 2.75) is 52.5 Å². The van der Waals surface area contributed by atoms with Gasteiger partial charge < -0.3 is 5.32 Å². The molecule has 0 aliphatic carbocycles. The van der Waals surface area contributed by atoms with E-state index >= 15 is 0 Å². The topological polar surface area (TPSA) is 12.0 Å². The van der Waals surface area contributed by atoms with Crippen LogP contribution in [0, 0.1) is 5.92 Å². The van der Waals surface area contributed by atoms with Crippen LogP contribution in [-0.4, -0.2) is 12.6 Å². The van der Waals surface area contributed by atoms with Crippen LogP contribution in [0.2, 0.25) is 5.02 Å². The van der Waals surface area contributed by atoms with Crippen LogP contribution in [0.15, 0.2) is 24.3 Å². The molecule has 0 amide bonds. The lowest BCUT2D eigenvalue weighted by Gasteiger charge is -2.20. The van der Waals surface area contributed by atoms with E-state index in [0.29, 0.717) is 6.04 Å². The van der Waals surface area contributed by atoms with Crippen molar-refractivity contribution in [2.75, 3.05) is 6.54 Å². The van der Waals surface area contributed by atoms with Gasteiger partial charge in [0.25, 0.3) is 0 Å². The lowest BCUT2D eigenvalue weighted by Crippen LogP contribution is -2.31. The van der Waals surface area contributed by atoms with Gasteiger partial charge in [-0.25, -0.2) is 0 Å². The van der Waals surface area contributed by atoms with Gasteiger partial charge in [-0.15, -0.1) is 0 Å². The van der Waals surface area contributed by atoms with E-state index in [4.69, 9.17) is 11.6 Å². The molecule has 0 aliphatic rings. The average molecular weight is 268 g/mol. The summed E-state index contributed by atoms with van der Waals surface area (Å²) in [7, 11) is 0. The van der Waals surface area contributed by atoms with E-state index < -0.39 is 0 Å². The number of halogens is 1. The second-order valence-corrected chi connectivity index (χ2v) is 5.62. The Balaban J connectivity index is 2.28. The molecule has 0 aromatic heterocycles. The molecule has 0 heterocycles. The van der Waals surface area contributed by atoms with E-state index in [1.165, 1.54) is 24.8 Å². The summed E-state index contributed by atoms with van der Waals surface area (Å²) >= 11 is 5.88. The maximum absolute atomic E-state index is 5.88. The summed E-state index contributed by atoms with van der Waals surface area (Å²) in [5.41, 5.74) is 1.35. The van der Waals surface area contributed by atoms with Crippen molar-refractivity contribution in [1.29, 1.82) is 0 Å². The molecule has 1 N–H and O–H groups in total. The number of nitrogens with one attached hydrogen (secondary N) is 1. The molecule has 102 valence electrons. The fraction of sp³-hybridized carbons (Fsp3) is 0.625. The Bertz CT molecular complexity index is 320. The highest BCUT2D eigenvalue weighted by Gasteiger charge is 2.09. The van der Waals surface area contributed by atoms with Crippen molar-refractivity contribution >= 4 is 11.6 Å². The molecule has 2 heteroatoms. The SMILES string of the molecule is CCC(C)CC(CC)NCCc1ccc(Cl)cc1. The zero-order chi connectivity index (χ0) is 13.4. The molecule has 0 spiro atoms. The van der Waals surface area contributed by atoms with Gasteiger partial charge in [0.15, 0.2) is 0 Å². The highest BCUT2D eigenvalue weighted by molar-refractivity contribution is 6.30. The molecule has 0 aliphatic heterocycles. The molecule has 1 aromatic carbocycles. The molecule has 0 saturated carbocycles. The molecule has 18 heavy (non-hydrogen) atoms. The highest BCUT2D eigenvalue weighted by atomic mass is 35.5. The summed E-state index contributed by atoms with van der Waals surface area (Å²) in [6.07, 6.45) is 4.85. The van der Waals surface area contributed by atoms with Crippen LogP contribution in [0.3, 0.4) is 0 Å². The zero-order valence-electron chi connectivity index (χ0n) is 11.9. The smallest absolute Gasteiger partial charge is 0.0406 e. The second kappa shape index (κ2) is 8.55. The zero-order valence-corrected chi connectivity index (χ0v) is 12.6. The summed E-state index contributed by atoms with van der Waals surface area (Å²) in [4.78, 5) is 0. The predicted molar refractivity (Wildman–Crippen MR) is 81.3 cm³/mol. The van der Waals surface area contributed by atoms with E-state index in [2.05, 4.69) is 38.2 Å². The van der Waals surface area contributed by atoms with Gasteiger partial charge in [0.1, 0.15) is 0 Å². The summed E-state index contributed by atoms with van der Waals surface area (Å²) in [5, 5.41) is 4.48. The average Bonchev–Trinajstić information content (AvgIpc) is 2.39. The first-order valence-corrected chi connectivity index (χ1v) is 7.51. The summed E-state index contributed by atoms with van der Waals surface area (Å²) in [6.45, 7) is 7.92. The first-order valence-electron chi connectivity index (χ1n) is 7.13. The Hall–Kier alpha value is -0.530.